The van der Waals surface area contributed by atoms with E-state index >= 15 is 0 Å². The lowest BCUT2D eigenvalue weighted by Crippen LogP contribution is -2.29. The van der Waals surface area contributed by atoms with Gasteiger partial charge in [0.2, 0.25) is 0 Å². The second kappa shape index (κ2) is 31.8. The summed E-state index contributed by atoms with van der Waals surface area (Å²) in [6, 6.07) is 0. The van der Waals surface area contributed by atoms with Crippen LogP contribution in [0, 0.1) is 11.8 Å². The molecule has 13 heteroatoms. The van der Waals surface area contributed by atoms with E-state index in [0.29, 0.717) is 25.7 Å². The minimum absolute atomic E-state index is 0.0107. The molecule has 1 aliphatic carbocycles. The van der Waals surface area contributed by atoms with Crippen LogP contribution in [0.5, 0.6) is 0 Å². The number of hydrogen-bond donors (Lipinski definition) is 3. The van der Waals surface area contributed by atoms with Gasteiger partial charge in [-0.3, -0.25) is 18.6 Å². The zero-order valence-electron chi connectivity index (χ0n) is 34.4. The van der Waals surface area contributed by atoms with E-state index in [1.54, 1.807) is 0 Å². The minimum Gasteiger partial charge on any atom is -0.462 e. The Labute approximate surface area is 337 Å². The molecule has 0 amide bonds. The number of nitrogens with two attached hydrogens (primary N) is 1. The van der Waals surface area contributed by atoms with Crippen LogP contribution in [0.2, 0.25) is 0 Å². The van der Waals surface area contributed by atoms with Crippen molar-refractivity contribution < 1.29 is 52.5 Å². The van der Waals surface area contributed by atoms with Gasteiger partial charge in [-0.05, 0) is 64.2 Å². The standard InChI is InChI=1S/C43H74NO11P/c1-3-5-7-8-9-10-11-12-13-14-15-16-17-18-23-27-42(46)50-34-37(35-52-56(48,49)51-32-31-44)53-43(47)28-24-20-19-22-26-38-39(41-33-40(38)54-55-41)30-29-36(45)25-21-6-4-2/h6,12-13,19,21-22,29-30,36-41,45H,3-5,7-11,14-18,20,23-28,31-35,44H2,1-2H3,(H,48,49)/b13-12-,21-6-,22-19-,30-29+. The van der Waals surface area contributed by atoms with Gasteiger partial charge in [0.1, 0.15) is 12.7 Å². The first-order chi connectivity index (χ1) is 27.2. The van der Waals surface area contributed by atoms with E-state index in [2.05, 4.69) is 38.2 Å². The molecule has 12 nitrogen and oxygen atoms in total. The largest absolute Gasteiger partial charge is 0.472 e. The number of aliphatic hydroxyl groups excluding tert-OH is 1. The van der Waals surface area contributed by atoms with Crippen molar-refractivity contribution >= 4 is 19.8 Å². The number of hydrogen-bond acceptors (Lipinski definition) is 11. The normalized spacial score (nSPS) is 21.8. The molecule has 1 aliphatic heterocycles. The lowest BCUT2D eigenvalue weighted by molar-refractivity contribution is -0.336. The zero-order chi connectivity index (χ0) is 40.7. The van der Waals surface area contributed by atoms with Crippen LogP contribution < -0.4 is 5.73 Å². The highest BCUT2D eigenvalue weighted by molar-refractivity contribution is 7.47. The Kier molecular flexibility index (Phi) is 28.4. The Hall–Kier alpha value is -2.15. The van der Waals surface area contributed by atoms with Crippen LogP contribution in [0.4, 0.5) is 0 Å². The molecule has 2 fully saturated rings. The molecule has 0 aromatic heterocycles. The molecule has 322 valence electrons. The molecule has 56 heavy (non-hydrogen) atoms. The number of phosphoric acid groups is 1. The molecule has 7 atom stereocenters. The van der Waals surface area contributed by atoms with Crippen LogP contribution >= 0.6 is 7.82 Å². The average Bonchev–Trinajstić information content (AvgIpc) is 3.79. The Bertz CT molecular complexity index is 1210. The van der Waals surface area contributed by atoms with Gasteiger partial charge in [0.25, 0.3) is 0 Å². The van der Waals surface area contributed by atoms with Gasteiger partial charge in [-0.2, -0.15) is 0 Å². The van der Waals surface area contributed by atoms with E-state index in [1.807, 2.05) is 24.3 Å². The number of unbranched alkanes of at least 4 members (excludes halogenated alkanes) is 12. The van der Waals surface area contributed by atoms with Crippen LogP contribution in [0.15, 0.2) is 48.6 Å². The molecule has 4 N–H and O–H groups in total. The third kappa shape index (κ3) is 23.9. The molecule has 1 saturated carbocycles. The third-order valence-corrected chi connectivity index (χ3v) is 11.0. The van der Waals surface area contributed by atoms with Crippen molar-refractivity contribution in [2.24, 2.45) is 17.6 Å². The predicted molar refractivity (Wildman–Crippen MR) is 219 cm³/mol. The van der Waals surface area contributed by atoms with Gasteiger partial charge in [-0.1, -0.05) is 114 Å². The smallest absolute Gasteiger partial charge is 0.462 e. The quantitative estimate of drug-likeness (QED) is 0.0182. The number of allylic oxidation sites excluding steroid dienone is 5. The first kappa shape index (κ1) is 50.0. The summed E-state index contributed by atoms with van der Waals surface area (Å²) >= 11 is 0. The maximum atomic E-state index is 12.7. The van der Waals surface area contributed by atoms with Gasteiger partial charge in [0.05, 0.1) is 25.4 Å². The summed E-state index contributed by atoms with van der Waals surface area (Å²) < 4.78 is 32.8. The molecule has 0 aromatic carbocycles. The van der Waals surface area contributed by atoms with Crippen molar-refractivity contribution in [3.63, 3.8) is 0 Å². The summed E-state index contributed by atoms with van der Waals surface area (Å²) in [6.45, 7) is 3.36. The maximum absolute atomic E-state index is 12.7. The molecule has 2 bridgehead atoms. The highest BCUT2D eigenvalue weighted by Crippen LogP contribution is 2.45. The second-order valence-electron chi connectivity index (χ2n) is 14.9. The Morgan fingerprint density at radius 2 is 1.43 bits per heavy atom. The highest BCUT2D eigenvalue weighted by Gasteiger charge is 2.49. The Balaban J connectivity index is 1.68. The Morgan fingerprint density at radius 1 is 0.786 bits per heavy atom. The van der Waals surface area contributed by atoms with Gasteiger partial charge in [-0.15, -0.1) is 0 Å². The van der Waals surface area contributed by atoms with E-state index in [9.17, 15) is 24.2 Å². The lowest BCUT2D eigenvalue weighted by atomic mass is 9.89. The van der Waals surface area contributed by atoms with Crippen LogP contribution in [-0.4, -0.2) is 72.7 Å². The van der Waals surface area contributed by atoms with Crippen molar-refractivity contribution in [2.45, 2.75) is 173 Å². The summed E-state index contributed by atoms with van der Waals surface area (Å²) in [5, 5.41) is 10.3. The minimum atomic E-state index is -4.43. The number of fused-ring (bicyclic) bond motifs is 2. The molecule has 0 spiro atoms. The molecule has 2 rings (SSSR count). The molecular weight excluding hydrogens is 737 g/mol. The van der Waals surface area contributed by atoms with Gasteiger partial charge >= 0.3 is 19.8 Å². The van der Waals surface area contributed by atoms with E-state index in [4.69, 9.17) is 34.0 Å². The number of carbonyl (C=O) groups is 2. The summed E-state index contributed by atoms with van der Waals surface area (Å²) in [5.74, 6) is -0.567. The average molecular weight is 812 g/mol. The summed E-state index contributed by atoms with van der Waals surface area (Å²) in [6.07, 6.45) is 34.7. The zero-order valence-corrected chi connectivity index (χ0v) is 35.2. The summed E-state index contributed by atoms with van der Waals surface area (Å²) in [5.41, 5.74) is 5.35. The molecule has 2 aliphatic rings. The van der Waals surface area contributed by atoms with Crippen LogP contribution in [0.1, 0.15) is 149 Å². The van der Waals surface area contributed by atoms with Crippen LogP contribution in [-0.2, 0) is 42.5 Å². The predicted octanol–water partition coefficient (Wildman–Crippen LogP) is 9.30. The number of phosphoric ester groups is 1. The monoisotopic (exact) mass is 811 g/mol. The third-order valence-electron chi connectivity index (χ3n) is 10.00. The number of ether oxygens (including phenoxy) is 2. The van der Waals surface area contributed by atoms with Gasteiger partial charge in [0.15, 0.2) is 6.10 Å². The van der Waals surface area contributed by atoms with Crippen molar-refractivity contribution in [3.8, 4) is 0 Å². The number of aliphatic hydroxyl groups is 1. The number of rotatable bonds is 35. The van der Waals surface area contributed by atoms with Crippen LogP contribution in [0.25, 0.3) is 0 Å². The van der Waals surface area contributed by atoms with Crippen molar-refractivity contribution in [1.82, 2.24) is 0 Å². The number of esters is 2. The van der Waals surface area contributed by atoms with Gasteiger partial charge < -0.3 is 25.2 Å². The summed E-state index contributed by atoms with van der Waals surface area (Å²) in [4.78, 5) is 46.1. The molecule has 1 saturated heterocycles. The van der Waals surface area contributed by atoms with E-state index in [0.717, 1.165) is 51.4 Å². The van der Waals surface area contributed by atoms with Gasteiger partial charge in [-0.25, -0.2) is 14.3 Å². The lowest BCUT2D eigenvalue weighted by Gasteiger charge is -2.27. The fourth-order valence-electron chi connectivity index (χ4n) is 6.83. The fourth-order valence-corrected chi connectivity index (χ4v) is 7.60. The first-order valence-electron chi connectivity index (χ1n) is 21.5. The fraction of sp³-hybridized carbons (Fsp3) is 0.767. The second-order valence-corrected chi connectivity index (χ2v) is 16.4. The van der Waals surface area contributed by atoms with E-state index in [1.165, 1.54) is 44.9 Å². The van der Waals surface area contributed by atoms with Crippen LogP contribution in [0.3, 0.4) is 0 Å². The van der Waals surface area contributed by atoms with Crippen molar-refractivity contribution in [3.05, 3.63) is 48.6 Å². The molecule has 1 heterocycles. The van der Waals surface area contributed by atoms with Crippen molar-refractivity contribution in [2.75, 3.05) is 26.4 Å². The highest BCUT2D eigenvalue weighted by atomic mass is 31.2. The maximum Gasteiger partial charge on any atom is 0.472 e. The first-order valence-corrected chi connectivity index (χ1v) is 23.0. The van der Waals surface area contributed by atoms with E-state index < -0.39 is 38.6 Å². The molecule has 7 unspecified atom stereocenters. The molecule has 0 aromatic rings. The topological polar surface area (TPSA) is 173 Å². The SMILES string of the molecule is CC/C=C\CC(O)/C=C/C1C2CC(OO2)C1C/C=C\CCCC(=O)OC(COC(=O)CCCCCCC/C=C\CCCCCCCC)COP(=O)(O)OCCN. The van der Waals surface area contributed by atoms with Crippen molar-refractivity contribution in [1.29, 1.82) is 0 Å². The van der Waals surface area contributed by atoms with E-state index in [-0.39, 0.29) is 56.6 Å². The molecule has 0 radical (unpaired) electrons. The number of carbonyl (C=O) groups excluding carboxylic acids is 2. The van der Waals surface area contributed by atoms with Gasteiger partial charge in [0, 0.05) is 37.6 Å². The molecular formula is C43H74NO11P. The Morgan fingerprint density at radius 3 is 2.14 bits per heavy atom. The summed E-state index contributed by atoms with van der Waals surface area (Å²) in [7, 11) is -4.43.